The lowest BCUT2D eigenvalue weighted by molar-refractivity contribution is -0.180. The second kappa shape index (κ2) is 3.36. The molecular formula is C12H21NO3. The minimum absolute atomic E-state index is 0.221. The molecule has 1 unspecified atom stereocenters. The third-order valence-electron chi connectivity index (χ3n) is 3.76. The zero-order chi connectivity index (χ0) is 12.1. The van der Waals surface area contributed by atoms with E-state index in [0.29, 0.717) is 13.1 Å². The van der Waals surface area contributed by atoms with Crippen LogP contribution in [0, 0.1) is 11.8 Å². The molecule has 4 nitrogen and oxygen atoms in total. The molecule has 3 aliphatic rings. The molecule has 1 N–H and O–H groups in total. The number of rotatable bonds is 0. The maximum atomic E-state index is 11.8. The first-order valence-electron chi connectivity index (χ1n) is 5.90. The predicted molar refractivity (Wildman–Crippen MR) is 60.0 cm³/mol. The van der Waals surface area contributed by atoms with Crippen molar-refractivity contribution in [1.29, 1.82) is 0 Å². The van der Waals surface area contributed by atoms with Gasteiger partial charge in [-0.3, -0.25) is 0 Å². The predicted octanol–water partition coefficient (Wildman–Crippen LogP) is 1.62. The van der Waals surface area contributed by atoms with Crippen LogP contribution < -0.4 is 0 Å². The van der Waals surface area contributed by atoms with E-state index in [1.165, 1.54) is 0 Å². The third kappa shape index (κ3) is 1.90. The number of carbonyl (C=O) groups is 1. The van der Waals surface area contributed by atoms with Gasteiger partial charge >= 0.3 is 6.09 Å². The molecule has 92 valence electrons. The molecule has 3 fully saturated rings. The lowest BCUT2D eigenvalue weighted by Gasteiger charge is -2.57. The van der Waals surface area contributed by atoms with Crippen LogP contribution in [-0.4, -0.2) is 40.4 Å². The summed E-state index contributed by atoms with van der Waals surface area (Å²) in [7, 11) is 0. The Bertz CT molecular complexity index is 292. The van der Waals surface area contributed by atoms with Crippen molar-refractivity contribution in [2.75, 3.05) is 13.1 Å². The number of fused-ring (bicyclic) bond motifs is 2. The smallest absolute Gasteiger partial charge is 0.410 e. The molecule has 1 amide bonds. The number of carbonyl (C=O) groups excluding carboxylic acids is 1. The summed E-state index contributed by atoms with van der Waals surface area (Å²) in [5.41, 5.74) is -1.01. The molecule has 0 radical (unpaired) electrons. The lowest BCUT2D eigenvalue weighted by atomic mass is 9.59. The summed E-state index contributed by atoms with van der Waals surface area (Å²) in [5, 5.41) is 10.0. The molecule has 0 aromatic carbocycles. The van der Waals surface area contributed by atoms with E-state index in [4.69, 9.17) is 4.74 Å². The standard InChI is InChI=1S/C12H21NO3/c1-11(2,3)16-10(14)13-6-8-5-9(7-13)12(8,4)15/h8-9,15H,5-7H2,1-4H3/t8-,9+,12?. The summed E-state index contributed by atoms with van der Waals surface area (Å²) in [6.07, 6.45) is 0.782. The number of aliphatic hydroxyl groups is 1. The summed E-state index contributed by atoms with van der Waals surface area (Å²) in [4.78, 5) is 13.5. The fraction of sp³-hybridized carbons (Fsp3) is 0.917. The van der Waals surface area contributed by atoms with Crippen molar-refractivity contribution >= 4 is 6.09 Å². The summed E-state index contributed by atoms with van der Waals surface area (Å²) >= 11 is 0. The maximum Gasteiger partial charge on any atom is 0.410 e. The van der Waals surface area contributed by atoms with Gasteiger partial charge in [0.15, 0.2) is 0 Å². The Morgan fingerprint density at radius 2 is 1.88 bits per heavy atom. The fourth-order valence-electron chi connectivity index (χ4n) is 2.59. The van der Waals surface area contributed by atoms with E-state index in [9.17, 15) is 9.90 Å². The minimum atomic E-state index is -0.571. The topological polar surface area (TPSA) is 49.8 Å². The number of hydrogen-bond acceptors (Lipinski definition) is 3. The summed E-state index contributed by atoms with van der Waals surface area (Å²) in [5.74, 6) is 0.442. The molecule has 3 atom stereocenters. The highest BCUT2D eigenvalue weighted by Gasteiger charge is 2.55. The molecule has 1 saturated carbocycles. The van der Waals surface area contributed by atoms with Crippen LogP contribution in [0.1, 0.15) is 34.1 Å². The highest BCUT2D eigenvalue weighted by atomic mass is 16.6. The molecule has 1 aliphatic carbocycles. The Morgan fingerprint density at radius 1 is 1.38 bits per heavy atom. The van der Waals surface area contributed by atoms with Crippen molar-refractivity contribution in [2.45, 2.75) is 45.3 Å². The van der Waals surface area contributed by atoms with Gasteiger partial charge in [0.05, 0.1) is 5.60 Å². The molecular weight excluding hydrogens is 206 g/mol. The summed E-state index contributed by atoms with van der Waals surface area (Å²) in [6, 6.07) is 0. The first-order chi connectivity index (χ1) is 7.20. The van der Waals surface area contributed by atoms with Gasteiger partial charge in [-0.25, -0.2) is 4.79 Å². The van der Waals surface area contributed by atoms with E-state index in [2.05, 4.69) is 0 Å². The third-order valence-corrected chi connectivity index (χ3v) is 3.76. The lowest BCUT2D eigenvalue weighted by Crippen LogP contribution is -2.66. The summed E-state index contributed by atoms with van der Waals surface area (Å²) < 4.78 is 5.32. The molecule has 16 heavy (non-hydrogen) atoms. The molecule has 2 bridgehead atoms. The van der Waals surface area contributed by atoms with Gasteiger partial charge in [-0.1, -0.05) is 0 Å². The van der Waals surface area contributed by atoms with Crippen molar-refractivity contribution in [3.05, 3.63) is 0 Å². The molecule has 0 aromatic rings. The molecule has 2 aliphatic heterocycles. The average molecular weight is 227 g/mol. The van der Waals surface area contributed by atoms with Crippen molar-refractivity contribution in [3.63, 3.8) is 0 Å². The minimum Gasteiger partial charge on any atom is -0.444 e. The van der Waals surface area contributed by atoms with E-state index in [-0.39, 0.29) is 17.9 Å². The van der Waals surface area contributed by atoms with Crippen molar-refractivity contribution < 1.29 is 14.6 Å². The molecule has 2 saturated heterocycles. The van der Waals surface area contributed by atoms with Gasteiger partial charge in [0.2, 0.25) is 0 Å². The van der Waals surface area contributed by atoms with Crippen LogP contribution in [0.3, 0.4) is 0 Å². The molecule has 4 heteroatoms. The first kappa shape index (κ1) is 11.7. The van der Waals surface area contributed by atoms with Crippen LogP contribution in [0.2, 0.25) is 0 Å². The fourth-order valence-corrected chi connectivity index (χ4v) is 2.59. The quantitative estimate of drug-likeness (QED) is 0.684. The van der Waals surface area contributed by atoms with Gasteiger partial charge in [0.25, 0.3) is 0 Å². The second-order valence-corrected chi connectivity index (χ2v) is 6.24. The average Bonchev–Trinajstić information content (AvgIpc) is 2.15. The van der Waals surface area contributed by atoms with Crippen LogP contribution in [0.5, 0.6) is 0 Å². The number of piperidine rings is 2. The van der Waals surface area contributed by atoms with E-state index >= 15 is 0 Å². The SMILES string of the molecule is CC(C)(C)OC(=O)N1C[C@H]2C[C@@H](C1)C2(C)O. The Balaban J connectivity index is 1.93. The zero-order valence-corrected chi connectivity index (χ0v) is 10.5. The Kier molecular flexibility index (Phi) is 2.46. The van der Waals surface area contributed by atoms with Gasteiger partial charge in [0, 0.05) is 24.9 Å². The number of amides is 1. The van der Waals surface area contributed by atoms with E-state index in [1.54, 1.807) is 4.90 Å². The van der Waals surface area contributed by atoms with Gasteiger partial charge in [0.1, 0.15) is 5.60 Å². The van der Waals surface area contributed by atoms with Gasteiger partial charge < -0.3 is 14.7 Å². The van der Waals surface area contributed by atoms with E-state index < -0.39 is 11.2 Å². The van der Waals surface area contributed by atoms with Crippen molar-refractivity contribution in [1.82, 2.24) is 4.90 Å². The van der Waals surface area contributed by atoms with Crippen molar-refractivity contribution in [2.24, 2.45) is 11.8 Å². The number of nitrogens with zero attached hydrogens (tertiary/aromatic N) is 1. The summed E-state index contributed by atoms with van der Waals surface area (Å²) in [6.45, 7) is 8.72. The highest BCUT2D eigenvalue weighted by Crippen LogP contribution is 2.48. The molecule has 0 spiro atoms. The van der Waals surface area contributed by atoms with Gasteiger partial charge in [-0.15, -0.1) is 0 Å². The van der Waals surface area contributed by atoms with Crippen LogP contribution in [0.25, 0.3) is 0 Å². The van der Waals surface area contributed by atoms with Crippen LogP contribution >= 0.6 is 0 Å². The van der Waals surface area contributed by atoms with Crippen LogP contribution in [0.4, 0.5) is 4.79 Å². The highest BCUT2D eigenvalue weighted by molar-refractivity contribution is 5.68. The van der Waals surface area contributed by atoms with E-state index in [0.717, 1.165) is 6.42 Å². The Morgan fingerprint density at radius 3 is 2.25 bits per heavy atom. The van der Waals surface area contributed by atoms with E-state index in [1.807, 2.05) is 27.7 Å². The Hall–Kier alpha value is -0.770. The molecule has 2 heterocycles. The monoisotopic (exact) mass is 227 g/mol. The van der Waals surface area contributed by atoms with Crippen LogP contribution in [-0.2, 0) is 4.74 Å². The molecule has 0 aromatic heterocycles. The zero-order valence-electron chi connectivity index (χ0n) is 10.5. The molecule has 3 rings (SSSR count). The van der Waals surface area contributed by atoms with Gasteiger partial charge in [-0.2, -0.15) is 0 Å². The Labute approximate surface area is 96.6 Å². The maximum absolute atomic E-state index is 11.8. The second-order valence-electron chi connectivity index (χ2n) is 6.24. The number of ether oxygens (including phenoxy) is 1. The van der Waals surface area contributed by atoms with Gasteiger partial charge in [-0.05, 0) is 34.1 Å². The van der Waals surface area contributed by atoms with Crippen molar-refractivity contribution in [3.8, 4) is 0 Å². The van der Waals surface area contributed by atoms with Crippen LogP contribution in [0.15, 0.2) is 0 Å². The largest absolute Gasteiger partial charge is 0.444 e. The normalized spacial score (nSPS) is 37.9. The number of hydrogen-bond donors (Lipinski definition) is 1. The first-order valence-corrected chi connectivity index (χ1v) is 5.90.